The van der Waals surface area contributed by atoms with Crippen LogP contribution in [-0.2, 0) is 0 Å². The molecule has 0 radical (unpaired) electrons. The topological polar surface area (TPSA) is 3.24 Å². The van der Waals surface area contributed by atoms with Crippen LogP contribution in [0.1, 0.15) is 0 Å². The molecule has 0 atom stereocenters. The predicted molar refractivity (Wildman–Crippen MR) is 284 cm³/mol. The van der Waals surface area contributed by atoms with Gasteiger partial charge in [0.2, 0.25) is 0 Å². The van der Waals surface area contributed by atoms with Gasteiger partial charge in [-0.1, -0.05) is 231 Å². The average Bonchev–Trinajstić information content (AvgIpc) is 3.79. The van der Waals surface area contributed by atoms with E-state index in [2.05, 4.69) is 266 Å². The Labute approximate surface area is 389 Å². The number of hydrogen-bond acceptors (Lipinski definition) is 2. The fraction of sp³-hybridized carbons (Fsp3) is 0. The standard InChI is InChI=1S/C64H43NS/c1-4-16-46(17-5-1)54-24-10-11-25-55(54)49-34-32-44(33-35-49)45-36-40-52(41-37-45)65(61-31-15-30-60-59-29-14-28-58(63(59)66-64(60)61)48-20-8-3-9-21-48)53-42-38-50(39-43-53)57-27-13-23-51-22-12-26-56(62(51)57)47-18-6-2-7-19-47/h1-43H. The molecule has 12 aromatic rings. The summed E-state index contributed by atoms with van der Waals surface area (Å²) in [5.41, 5.74) is 18.0. The van der Waals surface area contributed by atoms with Crippen LogP contribution in [0.25, 0.3) is 97.7 Å². The molecule has 1 nitrogen and oxygen atoms in total. The van der Waals surface area contributed by atoms with Crippen LogP contribution in [0.4, 0.5) is 17.1 Å². The Bertz CT molecular complexity index is 3640. The maximum atomic E-state index is 2.44. The van der Waals surface area contributed by atoms with Crippen molar-refractivity contribution in [2.24, 2.45) is 0 Å². The first-order valence-electron chi connectivity index (χ1n) is 22.6. The molecule has 0 saturated carbocycles. The molecule has 1 heterocycles. The summed E-state index contributed by atoms with van der Waals surface area (Å²) in [7, 11) is 0. The third-order valence-corrected chi connectivity index (χ3v) is 14.2. The summed E-state index contributed by atoms with van der Waals surface area (Å²) in [4.78, 5) is 2.44. The molecule has 0 bridgehead atoms. The molecule has 0 aliphatic heterocycles. The van der Waals surface area contributed by atoms with Gasteiger partial charge in [-0.15, -0.1) is 11.3 Å². The van der Waals surface area contributed by atoms with Gasteiger partial charge in [-0.3, -0.25) is 0 Å². The van der Waals surface area contributed by atoms with E-state index in [0.29, 0.717) is 0 Å². The highest BCUT2D eigenvalue weighted by molar-refractivity contribution is 7.27. The molecule has 0 amide bonds. The number of rotatable bonds is 9. The first kappa shape index (κ1) is 39.3. The normalized spacial score (nSPS) is 11.3. The molecule has 0 aliphatic rings. The second kappa shape index (κ2) is 17.0. The summed E-state index contributed by atoms with van der Waals surface area (Å²) < 4.78 is 2.56. The van der Waals surface area contributed by atoms with Crippen molar-refractivity contribution in [1.82, 2.24) is 0 Å². The second-order valence-corrected chi connectivity index (χ2v) is 17.8. The van der Waals surface area contributed by atoms with E-state index in [0.717, 1.165) is 17.1 Å². The predicted octanol–water partition coefficient (Wildman–Crippen LogP) is 18.7. The summed E-state index contributed by atoms with van der Waals surface area (Å²) in [5.74, 6) is 0. The highest BCUT2D eigenvalue weighted by Gasteiger charge is 2.20. The highest BCUT2D eigenvalue weighted by atomic mass is 32.1. The lowest BCUT2D eigenvalue weighted by atomic mass is 9.91. The van der Waals surface area contributed by atoms with Crippen molar-refractivity contribution < 1.29 is 0 Å². The Balaban J connectivity index is 0.961. The van der Waals surface area contributed by atoms with Crippen LogP contribution >= 0.6 is 11.3 Å². The molecule has 0 aliphatic carbocycles. The fourth-order valence-electron chi connectivity index (χ4n) is 9.73. The van der Waals surface area contributed by atoms with Crippen molar-refractivity contribution >= 4 is 59.3 Å². The van der Waals surface area contributed by atoms with Gasteiger partial charge in [-0.25, -0.2) is 0 Å². The number of fused-ring (bicyclic) bond motifs is 4. The molecule has 0 saturated heterocycles. The molecule has 0 fully saturated rings. The van der Waals surface area contributed by atoms with Gasteiger partial charge < -0.3 is 4.90 Å². The molecule has 0 N–H and O–H groups in total. The van der Waals surface area contributed by atoms with Crippen molar-refractivity contribution in [2.75, 3.05) is 4.90 Å². The molecule has 12 rings (SSSR count). The smallest absolute Gasteiger partial charge is 0.0640 e. The molecule has 0 spiro atoms. The Morgan fingerprint density at radius 3 is 1.17 bits per heavy atom. The summed E-state index contributed by atoms with van der Waals surface area (Å²) in [6.07, 6.45) is 0. The Morgan fingerprint density at radius 1 is 0.242 bits per heavy atom. The van der Waals surface area contributed by atoms with Gasteiger partial charge in [-0.2, -0.15) is 0 Å². The van der Waals surface area contributed by atoms with E-state index < -0.39 is 0 Å². The van der Waals surface area contributed by atoms with Crippen LogP contribution in [0.3, 0.4) is 0 Å². The number of anilines is 3. The number of benzene rings is 11. The first-order chi connectivity index (χ1) is 32.7. The second-order valence-electron chi connectivity index (χ2n) is 16.8. The molecule has 66 heavy (non-hydrogen) atoms. The molecule has 1 aromatic heterocycles. The fourth-order valence-corrected chi connectivity index (χ4v) is 11.1. The van der Waals surface area contributed by atoms with E-state index in [1.165, 1.54) is 97.7 Å². The number of nitrogens with zero attached hydrogens (tertiary/aromatic N) is 1. The minimum atomic E-state index is 1.10. The van der Waals surface area contributed by atoms with E-state index in [9.17, 15) is 0 Å². The van der Waals surface area contributed by atoms with Gasteiger partial charge in [-0.05, 0) is 108 Å². The lowest BCUT2D eigenvalue weighted by molar-refractivity contribution is 1.30. The van der Waals surface area contributed by atoms with Gasteiger partial charge in [0.25, 0.3) is 0 Å². The van der Waals surface area contributed by atoms with Crippen LogP contribution in [0, 0.1) is 0 Å². The lowest BCUT2D eigenvalue weighted by Gasteiger charge is -2.26. The minimum Gasteiger partial charge on any atom is -0.309 e. The lowest BCUT2D eigenvalue weighted by Crippen LogP contribution is -2.10. The van der Waals surface area contributed by atoms with Crippen LogP contribution in [0.5, 0.6) is 0 Å². The molecule has 310 valence electrons. The third kappa shape index (κ3) is 7.15. The summed E-state index contributed by atoms with van der Waals surface area (Å²) in [6.45, 7) is 0. The number of thiophene rings is 1. The van der Waals surface area contributed by atoms with E-state index in [1.807, 2.05) is 11.3 Å². The van der Waals surface area contributed by atoms with Gasteiger partial charge >= 0.3 is 0 Å². The molecule has 2 heteroatoms. The maximum absolute atomic E-state index is 2.44. The first-order valence-corrected chi connectivity index (χ1v) is 23.4. The third-order valence-electron chi connectivity index (χ3n) is 12.9. The Kier molecular flexibility index (Phi) is 10.1. The zero-order chi connectivity index (χ0) is 43.8. The Morgan fingerprint density at radius 2 is 0.606 bits per heavy atom. The zero-order valence-electron chi connectivity index (χ0n) is 36.2. The molecule has 0 unspecified atom stereocenters. The van der Waals surface area contributed by atoms with Crippen LogP contribution in [0.2, 0.25) is 0 Å². The van der Waals surface area contributed by atoms with Gasteiger partial charge in [0, 0.05) is 26.8 Å². The largest absolute Gasteiger partial charge is 0.309 e. The average molecular weight is 858 g/mol. The van der Waals surface area contributed by atoms with Crippen molar-refractivity contribution in [3.05, 3.63) is 261 Å². The Hall–Kier alpha value is -8.30. The van der Waals surface area contributed by atoms with Crippen LogP contribution in [-0.4, -0.2) is 0 Å². The molecular formula is C64H43NS. The van der Waals surface area contributed by atoms with Crippen molar-refractivity contribution in [2.45, 2.75) is 0 Å². The van der Waals surface area contributed by atoms with Crippen molar-refractivity contribution in [3.8, 4) is 66.8 Å². The van der Waals surface area contributed by atoms with E-state index in [4.69, 9.17) is 0 Å². The summed E-state index contributed by atoms with van der Waals surface area (Å²) >= 11 is 1.89. The monoisotopic (exact) mass is 857 g/mol. The van der Waals surface area contributed by atoms with Crippen molar-refractivity contribution in [1.29, 1.82) is 0 Å². The SMILES string of the molecule is c1ccc(-c2ccccc2-c2ccc(-c3ccc(N(c4ccc(-c5cccc6cccc(-c7ccccc7)c56)cc4)c4cccc5c4sc4c(-c6ccccc6)cccc45)cc3)cc2)cc1. The summed E-state index contributed by atoms with van der Waals surface area (Å²) in [6, 6.07) is 94.9. The quantitative estimate of drug-likeness (QED) is 0.140. The van der Waals surface area contributed by atoms with E-state index >= 15 is 0 Å². The summed E-state index contributed by atoms with van der Waals surface area (Å²) in [5, 5.41) is 5.05. The highest BCUT2D eigenvalue weighted by Crippen LogP contribution is 2.48. The maximum Gasteiger partial charge on any atom is 0.0640 e. The molecule has 11 aromatic carbocycles. The van der Waals surface area contributed by atoms with Gasteiger partial charge in [0.15, 0.2) is 0 Å². The van der Waals surface area contributed by atoms with Gasteiger partial charge in [0.1, 0.15) is 0 Å². The van der Waals surface area contributed by atoms with Crippen LogP contribution < -0.4 is 4.90 Å². The van der Waals surface area contributed by atoms with Gasteiger partial charge in [0.05, 0.1) is 10.4 Å². The number of hydrogen-bond donors (Lipinski definition) is 0. The van der Waals surface area contributed by atoms with Crippen molar-refractivity contribution in [3.63, 3.8) is 0 Å². The van der Waals surface area contributed by atoms with E-state index in [-0.39, 0.29) is 0 Å². The minimum absolute atomic E-state index is 1.10. The van der Waals surface area contributed by atoms with Crippen LogP contribution in [0.15, 0.2) is 261 Å². The van der Waals surface area contributed by atoms with E-state index in [1.54, 1.807) is 0 Å². The zero-order valence-corrected chi connectivity index (χ0v) is 37.0. The molecular weight excluding hydrogens is 815 g/mol.